The summed E-state index contributed by atoms with van der Waals surface area (Å²) in [5.41, 5.74) is 0.738. The minimum Gasteiger partial charge on any atom is -0.340 e. The lowest BCUT2D eigenvalue weighted by molar-refractivity contribution is -0.137. The summed E-state index contributed by atoms with van der Waals surface area (Å²) in [6, 6.07) is 7.27. The summed E-state index contributed by atoms with van der Waals surface area (Å²) >= 11 is 0. The minimum absolute atomic E-state index is 0.156. The molecule has 0 saturated carbocycles. The fourth-order valence-electron chi connectivity index (χ4n) is 2.92. The van der Waals surface area contributed by atoms with Crippen LogP contribution in [0.15, 0.2) is 36.4 Å². The van der Waals surface area contributed by atoms with E-state index in [1.54, 1.807) is 11.8 Å². The maximum atomic E-state index is 13.5. The molecule has 27 heavy (non-hydrogen) atoms. The van der Waals surface area contributed by atoms with Crippen LogP contribution in [0.4, 0.5) is 28.9 Å². The SMILES string of the molecule is CCC(C)CN(c1ccc(F)cc1C)c1cc(C(F)(F)F)ccc1C(C)=O. The molecule has 2 rings (SSSR count). The summed E-state index contributed by atoms with van der Waals surface area (Å²) in [5, 5.41) is 0. The van der Waals surface area contributed by atoms with Crippen LogP contribution in [-0.2, 0) is 6.18 Å². The summed E-state index contributed by atoms with van der Waals surface area (Å²) in [5.74, 6) is -0.591. The van der Waals surface area contributed by atoms with Gasteiger partial charge in [0.2, 0.25) is 0 Å². The molecule has 0 aliphatic heterocycles. The van der Waals surface area contributed by atoms with Crippen LogP contribution < -0.4 is 4.90 Å². The first kappa shape index (κ1) is 20.9. The Kier molecular flexibility index (Phi) is 6.29. The molecule has 0 radical (unpaired) electrons. The molecule has 146 valence electrons. The number of carbonyl (C=O) groups excluding carboxylic acids is 1. The number of alkyl halides is 3. The molecule has 0 aromatic heterocycles. The Morgan fingerprint density at radius 1 is 1.11 bits per heavy atom. The first-order chi connectivity index (χ1) is 12.5. The van der Waals surface area contributed by atoms with Crippen molar-refractivity contribution in [1.82, 2.24) is 0 Å². The Morgan fingerprint density at radius 2 is 1.78 bits per heavy atom. The lowest BCUT2D eigenvalue weighted by Gasteiger charge is -2.31. The molecule has 0 amide bonds. The first-order valence-electron chi connectivity index (χ1n) is 8.80. The molecule has 0 spiro atoms. The highest BCUT2D eigenvalue weighted by atomic mass is 19.4. The van der Waals surface area contributed by atoms with Crippen molar-refractivity contribution < 1.29 is 22.4 Å². The molecule has 1 unspecified atom stereocenters. The number of benzene rings is 2. The van der Waals surface area contributed by atoms with Crippen molar-refractivity contribution in [3.8, 4) is 0 Å². The second kappa shape index (κ2) is 8.11. The third-order valence-corrected chi connectivity index (χ3v) is 4.64. The van der Waals surface area contributed by atoms with Crippen LogP contribution in [0.25, 0.3) is 0 Å². The van der Waals surface area contributed by atoms with E-state index < -0.39 is 17.6 Å². The molecule has 0 N–H and O–H groups in total. The smallest absolute Gasteiger partial charge is 0.340 e. The molecule has 0 aliphatic carbocycles. The van der Waals surface area contributed by atoms with Gasteiger partial charge in [0.05, 0.1) is 11.3 Å². The number of hydrogen-bond donors (Lipinski definition) is 0. The fraction of sp³-hybridized carbons (Fsp3) is 0.381. The second-order valence-electron chi connectivity index (χ2n) is 6.84. The number of Topliss-reactive ketones (excluding diaryl/α,β-unsaturated/α-hetero) is 1. The zero-order valence-corrected chi connectivity index (χ0v) is 15.8. The fourth-order valence-corrected chi connectivity index (χ4v) is 2.92. The summed E-state index contributed by atoms with van der Waals surface area (Å²) in [6.07, 6.45) is -3.71. The van der Waals surface area contributed by atoms with Crippen LogP contribution >= 0.6 is 0 Å². The van der Waals surface area contributed by atoms with Crippen molar-refractivity contribution in [2.24, 2.45) is 5.92 Å². The van der Waals surface area contributed by atoms with E-state index in [4.69, 9.17) is 0 Å². The minimum atomic E-state index is -4.52. The van der Waals surface area contributed by atoms with E-state index in [-0.39, 0.29) is 23.0 Å². The largest absolute Gasteiger partial charge is 0.416 e. The quantitative estimate of drug-likeness (QED) is 0.418. The Bertz CT molecular complexity index is 829. The van der Waals surface area contributed by atoms with Crippen LogP contribution in [0.2, 0.25) is 0 Å². The zero-order valence-electron chi connectivity index (χ0n) is 15.8. The average Bonchev–Trinajstić information content (AvgIpc) is 2.58. The molecular weight excluding hydrogens is 358 g/mol. The molecule has 0 aliphatic rings. The molecule has 2 aromatic carbocycles. The van der Waals surface area contributed by atoms with E-state index in [2.05, 4.69) is 0 Å². The van der Waals surface area contributed by atoms with Crippen molar-refractivity contribution in [3.05, 3.63) is 58.9 Å². The van der Waals surface area contributed by atoms with Crippen LogP contribution in [-0.4, -0.2) is 12.3 Å². The molecule has 0 fully saturated rings. The van der Waals surface area contributed by atoms with Crippen molar-refractivity contribution >= 4 is 17.2 Å². The van der Waals surface area contributed by atoms with Gasteiger partial charge in [-0.25, -0.2) is 4.39 Å². The average molecular weight is 381 g/mol. The van der Waals surface area contributed by atoms with E-state index in [1.807, 2.05) is 13.8 Å². The number of aryl methyl sites for hydroxylation is 1. The Labute approximate surface area is 156 Å². The van der Waals surface area contributed by atoms with Gasteiger partial charge in [0, 0.05) is 17.8 Å². The normalized spacial score (nSPS) is 12.7. The number of rotatable bonds is 6. The number of hydrogen-bond acceptors (Lipinski definition) is 2. The predicted octanol–water partition coefficient (Wildman–Crippen LogP) is 6.54. The van der Waals surface area contributed by atoms with Crippen molar-refractivity contribution in [1.29, 1.82) is 0 Å². The van der Waals surface area contributed by atoms with Gasteiger partial charge >= 0.3 is 6.18 Å². The lowest BCUT2D eigenvalue weighted by Crippen LogP contribution is -2.26. The highest BCUT2D eigenvalue weighted by Gasteiger charge is 2.32. The topological polar surface area (TPSA) is 20.3 Å². The van der Waals surface area contributed by atoms with Gasteiger partial charge < -0.3 is 4.90 Å². The first-order valence-corrected chi connectivity index (χ1v) is 8.80. The van der Waals surface area contributed by atoms with Gasteiger partial charge in [-0.3, -0.25) is 4.79 Å². The molecule has 0 heterocycles. The monoisotopic (exact) mass is 381 g/mol. The lowest BCUT2D eigenvalue weighted by atomic mass is 10.0. The third kappa shape index (κ3) is 4.87. The molecular formula is C21H23F4NO. The van der Waals surface area contributed by atoms with Crippen molar-refractivity contribution in [2.75, 3.05) is 11.4 Å². The predicted molar refractivity (Wildman–Crippen MR) is 99.0 cm³/mol. The van der Waals surface area contributed by atoms with Gasteiger partial charge in [-0.05, 0) is 61.7 Å². The number of nitrogens with zero attached hydrogens (tertiary/aromatic N) is 1. The van der Waals surface area contributed by atoms with Crippen molar-refractivity contribution in [2.45, 2.75) is 40.3 Å². The molecule has 2 nitrogen and oxygen atoms in total. The number of anilines is 2. The van der Waals surface area contributed by atoms with Gasteiger partial charge in [0.1, 0.15) is 5.82 Å². The van der Waals surface area contributed by atoms with E-state index in [0.717, 1.165) is 18.6 Å². The summed E-state index contributed by atoms with van der Waals surface area (Å²) < 4.78 is 53.4. The summed E-state index contributed by atoms with van der Waals surface area (Å²) in [6.45, 7) is 7.39. The standard InChI is InChI=1S/C21H23F4NO/c1-5-13(2)12-26(19-9-7-17(22)10-14(19)3)20-11-16(21(23,24)25)6-8-18(20)15(4)27/h6-11,13H,5,12H2,1-4H3. The molecule has 0 saturated heterocycles. The number of halogens is 4. The Balaban J connectivity index is 2.71. The second-order valence-corrected chi connectivity index (χ2v) is 6.84. The highest BCUT2D eigenvalue weighted by molar-refractivity contribution is 6.00. The molecule has 2 aromatic rings. The van der Waals surface area contributed by atoms with Gasteiger partial charge in [-0.1, -0.05) is 20.3 Å². The third-order valence-electron chi connectivity index (χ3n) is 4.64. The van der Waals surface area contributed by atoms with E-state index in [1.165, 1.54) is 31.2 Å². The summed E-state index contributed by atoms with van der Waals surface area (Å²) in [7, 11) is 0. The van der Waals surface area contributed by atoms with Crippen molar-refractivity contribution in [3.63, 3.8) is 0 Å². The van der Waals surface area contributed by atoms with Crippen LogP contribution in [0.1, 0.15) is 48.7 Å². The summed E-state index contributed by atoms with van der Waals surface area (Å²) in [4.78, 5) is 13.8. The molecule has 0 bridgehead atoms. The molecule has 1 atom stereocenters. The van der Waals surface area contributed by atoms with E-state index >= 15 is 0 Å². The highest BCUT2D eigenvalue weighted by Crippen LogP contribution is 2.38. The van der Waals surface area contributed by atoms with Gasteiger partial charge in [-0.2, -0.15) is 13.2 Å². The Hall–Kier alpha value is -2.37. The molecule has 6 heteroatoms. The van der Waals surface area contributed by atoms with Crippen LogP contribution in [0, 0.1) is 18.7 Å². The maximum absolute atomic E-state index is 13.5. The van der Waals surface area contributed by atoms with Gasteiger partial charge in [-0.15, -0.1) is 0 Å². The number of carbonyl (C=O) groups is 1. The van der Waals surface area contributed by atoms with Gasteiger partial charge in [0.25, 0.3) is 0 Å². The Morgan fingerprint density at radius 3 is 2.30 bits per heavy atom. The number of ketones is 1. The van der Waals surface area contributed by atoms with Gasteiger partial charge in [0.15, 0.2) is 5.78 Å². The van der Waals surface area contributed by atoms with Crippen LogP contribution in [0.5, 0.6) is 0 Å². The van der Waals surface area contributed by atoms with E-state index in [0.29, 0.717) is 17.8 Å². The zero-order chi connectivity index (χ0) is 20.4. The van der Waals surface area contributed by atoms with E-state index in [9.17, 15) is 22.4 Å². The maximum Gasteiger partial charge on any atom is 0.416 e. The van der Waals surface area contributed by atoms with Crippen LogP contribution in [0.3, 0.4) is 0 Å².